The molecule has 1 aromatic heterocycles. The van der Waals surface area contributed by atoms with E-state index in [1.807, 2.05) is 13.8 Å². The van der Waals surface area contributed by atoms with E-state index in [1.54, 1.807) is 18.2 Å². The lowest BCUT2D eigenvalue weighted by Crippen LogP contribution is -2.00. The van der Waals surface area contributed by atoms with Crippen LogP contribution in [0.2, 0.25) is 0 Å². The summed E-state index contributed by atoms with van der Waals surface area (Å²) in [6.07, 6.45) is 1.61. The normalized spacial score (nSPS) is 10.6. The largest absolute Gasteiger partial charge is 0.491 e. The van der Waals surface area contributed by atoms with Crippen LogP contribution in [0.4, 0.5) is 5.69 Å². The molecule has 0 saturated carbocycles. The van der Waals surface area contributed by atoms with Crippen LogP contribution in [0.15, 0.2) is 18.2 Å². The maximum absolute atomic E-state index is 11.3. The van der Waals surface area contributed by atoms with Gasteiger partial charge in [-0.2, -0.15) is 0 Å². The van der Waals surface area contributed by atoms with E-state index in [9.17, 15) is 9.90 Å². The lowest BCUT2D eigenvalue weighted by Gasteiger charge is -2.09. The Kier molecular flexibility index (Phi) is 4.80. The molecule has 21 heavy (non-hydrogen) atoms. The first kappa shape index (κ1) is 15.3. The molecule has 0 aliphatic rings. The van der Waals surface area contributed by atoms with Gasteiger partial charge in [0.25, 0.3) is 0 Å². The van der Waals surface area contributed by atoms with Crippen LogP contribution in [-0.2, 0) is 6.42 Å². The molecule has 5 nitrogen and oxygen atoms in total. The van der Waals surface area contributed by atoms with Gasteiger partial charge in [0.2, 0.25) is 0 Å². The van der Waals surface area contributed by atoms with Gasteiger partial charge in [-0.15, -0.1) is 11.3 Å². The number of thiazole rings is 1. The summed E-state index contributed by atoms with van der Waals surface area (Å²) in [5, 5.41) is 10.1. The number of ether oxygens (including phenoxy) is 1. The molecular weight excluding hydrogens is 288 g/mol. The third-order valence-corrected chi connectivity index (χ3v) is 4.10. The fraction of sp³-hybridized carbons (Fsp3) is 0.333. The Hall–Kier alpha value is -2.08. The summed E-state index contributed by atoms with van der Waals surface area (Å²) in [5.74, 6) is -0.351. The van der Waals surface area contributed by atoms with Crippen molar-refractivity contribution in [2.75, 3.05) is 12.3 Å². The van der Waals surface area contributed by atoms with Gasteiger partial charge in [0.05, 0.1) is 23.0 Å². The average Bonchev–Trinajstić information content (AvgIpc) is 2.90. The quantitative estimate of drug-likeness (QED) is 0.798. The first-order chi connectivity index (χ1) is 10.1. The van der Waals surface area contributed by atoms with Gasteiger partial charge in [-0.3, -0.25) is 0 Å². The van der Waals surface area contributed by atoms with Crippen molar-refractivity contribution in [2.24, 2.45) is 0 Å². The van der Waals surface area contributed by atoms with Gasteiger partial charge in [0, 0.05) is 5.56 Å². The van der Waals surface area contributed by atoms with E-state index < -0.39 is 5.97 Å². The lowest BCUT2D eigenvalue weighted by atomic mass is 10.1. The van der Waals surface area contributed by atoms with Crippen LogP contribution in [-0.4, -0.2) is 22.7 Å². The number of hydrogen-bond acceptors (Lipinski definition) is 5. The highest BCUT2D eigenvalue weighted by Crippen LogP contribution is 2.33. The maximum Gasteiger partial charge on any atom is 0.348 e. The van der Waals surface area contributed by atoms with E-state index in [4.69, 9.17) is 10.5 Å². The predicted octanol–water partition coefficient (Wildman–Crippen LogP) is 3.44. The molecule has 0 aliphatic heterocycles. The van der Waals surface area contributed by atoms with Crippen LogP contribution in [0.3, 0.4) is 0 Å². The second-order valence-corrected chi connectivity index (χ2v) is 5.63. The molecule has 0 amide bonds. The zero-order chi connectivity index (χ0) is 15.4. The Balaban J connectivity index is 2.40. The van der Waals surface area contributed by atoms with Crippen molar-refractivity contribution >= 4 is 23.0 Å². The smallest absolute Gasteiger partial charge is 0.348 e. The van der Waals surface area contributed by atoms with Gasteiger partial charge < -0.3 is 15.6 Å². The van der Waals surface area contributed by atoms with Crippen LogP contribution in [0, 0.1) is 0 Å². The minimum atomic E-state index is -0.966. The topological polar surface area (TPSA) is 85.4 Å². The summed E-state index contributed by atoms with van der Waals surface area (Å²) in [7, 11) is 0. The summed E-state index contributed by atoms with van der Waals surface area (Å²) < 4.78 is 5.52. The average molecular weight is 306 g/mol. The van der Waals surface area contributed by atoms with Crippen LogP contribution in [0.5, 0.6) is 5.75 Å². The Labute approximate surface area is 127 Å². The van der Waals surface area contributed by atoms with E-state index in [1.165, 1.54) is 11.3 Å². The predicted molar refractivity (Wildman–Crippen MR) is 84.1 cm³/mol. The van der Waals surface area contributed by atoms with Crippen molar-refractivity contribution in [3.63, 3.8) is 0 Å². The number of aryl methyl sites for hydroxylation is 1. The van der Waals surface area contributed by atoms with Gasteiger partial charge in [0.15, 0.2) is 0 Å². The third kappa shape index (κ3) is 3.33. The number of carbonyl (C=O) groups is 1. The molecule has 2 rings (SSSR count). The SMILES string of the molecule is CCCOc1ccc(-c2nc(CC)sc2C(=O)O)cc1N. The molecule has 6 heteroatoms. The Morgan fingerprint density at radius 3 is 2.76 bits per heavy atom. The molecule has 0 spiro atoms. The number of carboxylic acids is 1. The molecule has 0 bridgehead atoms. The van der Waals surface area contributed by atoms with Gasteiger partial charge in [0.1, 0.15) is 10.6 Å². The zero-order valence-electron chi connectivity index (χ0n) is 12.0. The number of aromatic carboxylic acids is 1. The van der Waals surface area contributed by atoms with E-state index in [0.29, 0.717) is 35.7 Å². The summed E-state index contributed by atoms with van der Waals surface area (Å²) in [5.41, 5.74) is 7.63. The second kappa shape index (κ2) is 6.58. The van der Waals surface area contributed by atoms with Crippen molar-refractivity contribution in [3.05, 3.63) is 28.1 Å². The second-order valence-electron chi connectivity index (χ2n) is 4.55. The number of anilines is 1. The number of nitrogens with two attached hydrogens (primary N) is 1. The molecule has 0 unspecified atom stereocenters. The number of nitrogen functional groups attached to an aromatic ring is 1. The van der Waals surface area contributed by atoms with Crippen LogP contribution < -0.4 is 10.5 Å². The molecule has 3 N–H and O–H groups in total. The summed E-state index contributed by atoms with van der Waals surface area (Å²) in [6.45, 7) is 4.57. The van der Waals surface area contributed by atoms with E-state index in [-0.39, 0.29) is 4.88 Å². The van der Waals surface area contributed by atoms with Crippen molar-refractivity contribution in [1.82, 2.24) is 4.98 Å². The van der Waals surface area contributed by atoms with Crippen LogP contribution in [0.1, 0.15) is 34.9 Å². The standard InChI is InChI=1S/C15H18N2O3S/c1-3-7-20-11-6-5-9(8-10(11)16)13-14(15(18)19)21-12(4-2)17-13/h5-6,8H,3-4,7,16H2,1-2H3,(H,18,19). The summed E-state index contributed by atoms with van der Waals surface area (Å²) in [4.78, 5) is 16.0. The van der Waals surface area contributed by atoms with Crippen molar-refractivity contribution in [1.29, 1.82) is 0 Å². The minimum absolute atomic E-state index is 0.244. The summed E-state index contributed by atoms with van der Waals surface area (Å²) >= 11 is 1.20. The molecular formula is C15H18N2O3S. The molecule has 112 valence electrons. The minimum Gasteiger partial charge on any atom is -0.491 e. The molecule has 0 fully saturated rings. The fourth-order valence-electron chi connectivity index (χ4n) is 1.90. The highest BCUT2D eigenvalue weighted by Gasteiger charge is 2.18. The van der Waals surface area contributed by atoms with Gasteiger partial charge in [-0.25, -0.2) is 9.78 Å². The van der Waals surface area contributed by atoms with E-state index in [0.717, 1.165) is 11.4 Å². The van der Waals surface area contributed by atoms with Crippen molar-refractivity contribution < 1.29 is 14.6 Å². The maximum atomic E-state index is 11.3. The Morgan fingerprint density at radius 1 is 1.43 bits per heavy atom. The molecule has 0 radical (unpaired) electrons. The van der Waals surface area contributed by atoms with E-state index >= 15 is 0 Å². The number of carboxylic acid groups (broad SMARTS) is 1. The number of hydrogen-bond donors (Lipinski definition) is 2. The van der Waals surface area contributed by atoms with E-state index in [2.05, 4.69) is 4.98 Å². The Bertz CT molecular complexity index is 652. The summed E-state index contributed by atoms with van der Waals surface area (Å²) in [6, 6.07) is 5.27. The number of benzene rings is 1. The van der Waals surface area contributed by atoms with Crippen molar-refractivity contribution in [2.45, 2.75) is 26.7 Å². The first-order valence-electron chi connectivity index (χ1n) is 6.82. The monoisotopic (exact) mass is 306 g/mol. The molecule has 0 aliphatic carbocycles. The molecule has 1 aromatic carbocycles. The zero-order valence-corrected chi connectivity index (χ0v) is 12.9. The number of nitrogens with zero attached hydrogens (tertiary/aromatic N) is 1. The van der Waals surface area contributed by atoms with Gasteiger partial charge >= 0.3 is 5.97 Å². The lowest BCUT2D eigenvalue weighted by molar-refractivity contribution is 0.0702. The molecule has 2 aromatic rings. The van der Waals surface area contributed by atoms with Gasteiger partial charge in [-0.1, -0.05) is 13.8 Å². The van der Waals surface area contributed by atoms with Crippen LogP contribution >= 0.6 is 11.3 Å². The van der Waals surface area contributed by atoms with Crippen LogP contribution in [0.25, 0.3) is 11.3 Å². The Morgan fingerprint density at radius 2 is 2.19 bits per heavy atom. The van der Waals surface area contributed by atoms with Crippen molar-refractivity contribution in [3.8, 4) is 17.0 Å². The molecule has 0 saturated heterocycles. The first-order valence-corrected chi connectivity index (χ1v) is 7.64. The highest BCUT2D eigenvalue weighted by atomic mass is 32.1. The van der Waals surface area contributed by atoms with Gasteiger partial charge in [-0.05, 0) is 31.0 Å². The highest BCUT2D eigenvalue weighted by molar-refractivity contribution is 7.14. The number of aromatic nitrogens is 1. The molecule has 1 heterocycles. The fourth-order valence-corrected chi connectivity index (χ4v) is 2.76. The third-order valence-electron chi connectivity index (χ3n) is 2.91. The number of rotatable bonds is 6. The molecule has 0 atom stereocenters.